The van der Waals surface area contributed by atoms with Crippen molar-refractivity contribution in [2.75, 3.05) is 0 Å². The average Bonchev–Trinajstić information content (AvgIpc) is 3.01. The normalized spacial score (nSPS) is 24.6. The van der Waals surface area contributed by atoms with E-state index in [4.69, 9.17) is 27.9 Å². The number of aliphatic hydroxyl groups excluding tert-OH is 1. The first-order chi connectivity index (χ1) is 12.8. The Morgan fingerprint density at radius 1 is 1.19 bits per heavy atom. The van der Waals surface area contributed by atoms with E-state index in [2.05, 4.69) is 0 Å². The van der Waals surface area contributed by atoms with Crippen LogP contribution in [-0.2, 0) is 16.0 Å². The van der Waals surface area contributed by atoms with Crippen molar-refractivity contribution in [2.24, 2.45) is 0 Å². The van der Waals surface area contributed by atoms with Crippen molar-refractivity contribution in [1.29, 1.82) is 0 Å². The first-order valence-electron chi connectivity index (χ1n) is 9.08. The summed E-state index contributed by atoms with van der Waals surface area (Å²) in [7, 11) is 0. The molecule has 0 amide bonds. The molecule has 0 aliphatic carbocycles. The van der Waals surface area contributed by atoms with E-state index in [0.29, 0.717) is 28.5 Å². The molecule has 1 fully saturated rings. The maximum absolute atomic E-state index is 13.0. The minimum atomic E-state index is -0.785. The molecule has 2 atom stereocenters. The third-order valence-electron chi connectivity index (χ3n) is 5.56. The fraction of sp³-hybridized carbons (Fsp3) is 0.318. The molecule has 0 aromatic heterocycles. The zero-order chi connectivity index (χ0) is 19.3. The van der Waals surface area contributed by atoms with Crippen LogP contribution in [0.1, 0.15) is 37.8 Å². The van der Waals surface area contributed by atoms with Crippen LogP contribution in [-0.4, -0.2) is 22.6 Å². The number of hydrogen-bond donors (Lipinski definition) is 1. The lowest BCUT2D eigenvalue weighted by Gasteiger charge is -2.31. The van der Waals surface area contributed by atoms with Crippen molar-refractivity contribution < 1.29 is 14.6 Å². The number of halogens is 2. The number of rotatable bonds is 3. The predicted molar refractivity (Wildman–Crippen MR) is 108 cm³/mol. The molecule has 2 aliphatic rings. The highest BCUT2D eigenvalue weighted by molar-refractivity contribution is 6.36. The van der Waals surface area contributed by atoms with Gasteiger partial charge in [-0.25, -0.2) is 0 Å². The van der Waals surface area contributed by atoms with Gasteiger partial charge in [0.15, 0.2) is 5.78 Å². The van der Waals surface area contributed by atoms with Crippen molar-refractivity contribution in [1.82, 2.24) is 0 Å². The number of ether oxygens (including phenoxy) is 1. The monoisotopic (exact) mass is 402 g/mol. The van der Waals surface area contributed by atoms with Gasteiger partial charge >= 0.3 is 0 Å². The number of hydrogen-bond acceptors (Lipinski definition) is 3. The summed E-state index contributed by atoms with van der Waals surface area (Å²) in [5, 5.41) is 12.0. The van der Waals surface area contributed by atoms with Crippen molar-refractivity contribution in [3.8, 4) is 11.1 Å². The van der Waals surface area contributed by atoms with Gasteiger partial charge < -0.3 is 9.84 Å². The highest BCUT2D eigenvalue weighted by Gasteiger charge is 2.50. The molecule has 0 spiro atoms. The van der Waals surface area contributed by atoms with E-state index < -0.39 is 11.7 Å². The Bertz CT molecular complexity index is 980. The Morgan fingerprint density at radius 3 is 2.67 bits per heavy atom. The van der Waals surface area contributed by atoms with E-state index in [-0.39, 0.29) is 11.5 Å². The minimum Gasteiger partial charge on any atom is -0.508 e. The number of fused-ring (bicyclic) bond motifs is 2. The second kappa shape index (κ2) is 6.66. The zero-order valence-corrected chi connectivity index (χ0v) is 16.7. The van der Waals surface area contributed by atoms with Crippen LogP contribution in [0, 0.1) is 0 Å². The summed E-state index contributed by atoms with van der Waals surface area (Å²) in [6.45, 7) is 3.88. The Hall–Kier alpha value is -1.81. The summed E-state index contributed by atoms with van der Waals surface area (Å²) in [6, 6.07) is 11.3. The maximum Gasteiger partial charge on any atom is 0.195 e. The summed E-state index contributed by atoms with van der Waals surface area (Å²) in [6.07, 6.45) is 1.54. The van der Waals surface area contributed by atoms with Gasteiger partial charge in [-0.3, -0.25) is 4.79 Å². The van der Waals surface area contributed by atoms with Crippen LogP contribution in [0.25, 0.3) is 16.7 Å². The number of benzene rings is 2. The molecule has 1 N–H and O–H groups in total. The molecule has 2 aromatic carbocycles. The number of ketones is 1. The molecule has 2 bridgehead atoms. The van der Waals surface area contributed by atoms with Crippen molar-refractivity contribution >= 4 is 34.6 Å². The standard InChI is InChI=1S/C22H20Cl2O3/c1-3-12-4-5-13(15-7-6-14(23)11-17(15)24)10-16(12)19-20(25)18-8-9-22(2,27-18)21(19)26/h4-7,10-11,18,26H,3,8-9H2,1-2H3/t18-,22-/m1/s1. The smallest absolute Gasteiger partial charge is 0.195 e. The molecule has 2 aromatic rings. The van der Waals surface area contributed by atoms with Gasteiger partial charge in [-0.2, -0.15) is 0 Å². The van der Waals surface area contributed by atoms with Crippen molar-refractivity contribution in [2.45, 2.75) is 44.8 Å². The van der Waals surface area contributed by atoms with Gasteiger partial charge in [-0.05, 0) is 61.1 Å². The molecule has 0 unspecified atom stereocenters. The third kappa shape index (κ3) is 2.98. The van der Waals surface area contributed by atoms with Gasteiger partial charge in [-0.1, -0.05) is 48.3 Å². The molecule has 5 heteroatoms. The van der Waals surface area contributed by atoms with Crippen LogP contribution >= 0.6 is 23.2 Å². The number of aliphatic hydroxyl groups is 1. The van der Waals surface area contributed by atoms with Crippen LogP contribution in [0.4, 0.5) is 0 Å². The second-order valence-corrected chi connectivity index (χ2v) is 8.16. The summed E-state index contributed by atoms with van der Waals surface area (Å²) < 4.78 is 5.79. The lowest BCUT2D eigenvalue weighted by Crippen LogP contribution is -2.37. The molecule has 2 aliphatic heterocycles. The first-order valence-corrected chi connectivity index (χ1v) is 9.84. The number of carbonyl (C=O) groups excluding carboxylic acids is 1. The Balaban J connectivity index is 1.91. The summed E-state index contributed by atoms with van der Waals surface area (Å²) in [5.74, 6) is -0.105. The summed E-state index contributed by atoms with van der Waals surface area (Å²) in [5.41, 5.74) is 3.07. The van der Waals surface area contributed by atoms with Gasteiger partial charge in [0, 0.05) is 15.6 Å². The Kier molecular flexibility index (Phi) is 4.58. The highest BCUT2D eigenvalue weighted by atomic mass is 35.5. The first kappa shape index (κ1) is 18.5. The van der Waals surface area contributed by atoms with Crippen LogP contribution in [0.3, 0.4) is 0 Å². The van der Waals surface area contributed by atoms with Gasteiger partial charge in [0.2, 0.25) is 0 Å². The highest BCUT2D eigenvalue weighted by Crippen LogP contribution is 2.46. The van der Waals surface area contributed by atoms with Crippen LogP contribution in [0.5, 0.6) is 0 Å². The second-order valence-electron chi connectivity index (χ2n) is 7.31. The third-order valence-corrected chi connectivity index (χ3v) is 6.11. The lowest BCUT2D eigenvalue weighted by atomic mass is 9.86. The zero-order valence-electron chi connectivity index (χ0n) is 15.2. The molecule has 27 heavy (non-hydrogen) atoms. The van der Waals surface area contributed by atoms with E-state index in [0.717, 1.165) is 28.7 Å². The molecule has 0 radical (unpaired) electrons. The largest absolute Gasteiger partial charge is 0.508 e. The minimum absolute atomic E-state index is 0.0373. The van der Waals surface area contributed by atoms with Gasteiger partial charge in [0.25, 0.3) is 0 Å². The number of carbonyl (C=O) groups is 1. The van der Waals surface area contributed by atoms with Gasteiger partial charge in [-0.15, -0.1) is 0 Å². The number of aryl methyl sites for hydroxylation is 1. The summed E-state index contributed by atoms with van der Waals surface area (Å²) >= 11 is 12.4. The van der Waals surface area contributed by atoms with E-state index in [1.165, 1.54) is 0 Å². The van der Waals surface area contributed by atoms with Gasteiger partial charge in [0.1, 0.15) is 17.5 Å². The molecular formula is C22H20Cl2O3. The van der Waals surface area contributed by atoms with Crippen molar-refractivity contribution in [3.63, 3.8) is 0 Å². The summed E-state index contributed by atoms with van der Waals surface area (Å²) in [4.78, 5) is 13.0. The molecule has 1 saturated heterocycles. The average molecular weight is 403 g/mol. The molecule has 3 nitrogen and oxygen atoms in total. The topological polar surface area (TPSA) is 46.5 Å². The van der Waals surface area contributed by atoms with Crippen LogP contribution < -0.4 is 0 Å². The molecule has 0 saturated carbocycles. The van der Waals surface area contributed by atoms with E-state index in [1.807, 2.05) is 38.1 Å². The quantitative estimate of drug-likeness (QED) is 0.683. The van der Waals surface area contributed by atoms with Gasteiger partial charge in [0.05, 0.1) is 5.57 Å². The molecular weight excluding hydrogens is 383 g/mol. The van der Waals surface area contributed by atoms with E-state index in [9.17, 15) is 9.90 Å². The number of Topliss-reactive ketones (excluding diaryl/α,β-unsaturated/α-hetero) is 1. The van der Waals surface area contributed by atoms with E-state index >= 15 is 0 Å². The van der Waals surface area contributed by atoms with Crippen LogP contribution in [0.15, 0.2) is 42.2 Å². The Labute approximate surface area is 168 Å². The predicted octanol–water partition coefficient (Wildman–Crippen LogP) is 6.01. The fourth-order valence-corrected chi connectivity index (χ4v) is 4.53. The molecule has 140 valence electrons. The Morgan fingerprint density at radius 2 is 1.96 bits per heavy atom. The fourth-order valence-electron chi connectivity index (χ4n) is 4.01. The SMILES string of the molecule is CCc1ccc(-c2ccc(Cl)cc2Cl)cc1C1=C(O)[C@@]2(C)CC[C@@H](O2)C1=O. The van der Waals surface area contributed by atoms with E-state index in [1.54, 1.807) is 12.1 Å². The molecule has 4 rings (SSSR count). The van der Waals surface area contributed by atoms with Crippen LogP contribution in [0.2, 0.25) is 10.0 Å². The molecule has 2 heterocycles. The van der Waals surface area contributed by atoms with Crippen molar-refractivity contribution in [3.05, 3.63) is 63.3 Å². The maximum atomic E-state index is 13.0. The lowest BCUT2D eigenvalue weighted by molar-refractivity contribution is -0.130.